The van der Waals surface area contributed by atoms with Gasteiger partial charge in [0.2, 0.25) is 0 Å². The molecule has 28 heavy (non-hydrogen) atoms. The van der Waals surface area contributed by atoms with Crippen LogP contribution >= 0.6 is 0 Å². The molecule has 3 atom stereocenters. The van der Waals surface area contributed by atoms with E-state index in [9.17, 15) is 4.79 Å². The van der Waals surface area contributed by atoms with Crippen LogP contribution < -0.4 is 5.32 Å². The zero-order valence-corrected chi connectivity index (χ0v) is 16.5. The summed E-state index contributed by atoms with van der Waals surface area (Å²) >= 11 is 0. The van der Waals surface area contributed by atoms with Crippen molar-refractivity contribution in [3.05, 3.63) is 77.9 Å². The van der Waals surface area contributed by atoms with Gasteiger partial charge in [-0.1, -0.05) is 56.3 Å². The number of rotatable bonds is 4. The molecule has 3 heteroatoms. The van der Waals surface area contributed by atoms with E-state index in [0.29, 0.717) is 17.4 Å². The van der Waals surface area contributed by atoms with Crippen LogP contribution in [-0.2, 0) is 11.2 Å². The third-order valence-corrected chi connectivity index (χ3v) is 5.66. The van der Waals surface area contributed by atoms with Crippen molar-refractivity contribution < 1.29 is 9.53 Å². The molecule has 1 fully saturated rings. The number of hydrogen-bond acceptors (Lipinski definition) is 2. The first-order chi connectivity index (χ1) is 13.6. The molecular formula is C25H27NO2. The lowest BCUT2D eigenvalue weighted by Crippen LogP contribution is -2.33. The molecule has 1 aliphatic rings. The minimum absolute atomic E-state index is 0.0864. The van der Waals surface area contributed by atoms with E-state index in [1.807, 2.05) is 54.6 Å². The fourth-order valence-electron chi connectivity index (χ4n) is 4.06. The number of anilines is 1. The van der Waals surface area contributed by atoms with Crippen molar-refractivity contribution in [1.29, 1.82) is 0 Å². The Bertz CT molecular complexity index is 964. The molecule has 3 unspecified atom stereocenters. The average molecular weight is 373 g/mol. The van der Waals surface area contributed by atoms with Crippen LogP contribution in [0.1, 0.15) is 36.2 Å². The molecule has 0 saturated carbocycles. The lowest BCUT2D eigenvalue weighted by molar-refractivity contribution is -0.0453. The molecule has 3 nitrogen and oxygen atoms in total. The van der Waals surface area contributed by atoms with E-state index in [-0.39, 0.29) is 12.0 Å². The second-order valence-corrected chi connectivity index (χ2v) is 8.11. The molecule has 144 valence electrons. The first-order valence-electron chi connectivity index (χ1n) is 10.1. The summed E-state index contributed by atoms with van der Waals surface area (Å²) in [6, 6.07) is 22.0. The second kappa shape index (κ2) is 8.15. The van der Waals surface area contributed by atoms with Crippen molar-refractivity contribution in [3.63, 3.8) is 0 Å². The van der Waals surface area contributed by atoms with Crippen molar-refractivity contribution >= 4 is 22.4 Å². The van der Waals surface area contributed by atoms with E-state index in [4.69, 9.17) is 4.74 Å². The molecule has 0 bridgehead atoms. The number of carbonyl (C=O) groups excluding carboxylic acids is 1. The van der Waals surface area contributed by atoms with Gasteiger partial charge in [-0.15, -0.1) is 0 Å². The summed E-state index contributed by atoms with van der Waals surface area (Å²) in [7, 11) is 0. The van der Waals surface area contributed by atoms with E-state index in [1.165, 1.54) is 12.0 Å². The summed E-state index contributed by atoms with van der Waals surface area (Å²) in [5.41, 5.74) is 2.73. The molecule has 1 N–H and O–H groups in total. The summed E-state index contributed by atoms with van der Waals surface area (Å²) in [6.45, 7) is 5.38. The zero-order chi connectivity index (χ0) is 19.5. The third-order valence-electron chi connectivity index (χ3n) is 5.66. The lowest BCUT2D eigenvalue weighted by atomic mass is 9.87. The topological polar surface area (TPSA) is 38.3 Å². The van der Waals surface area contributed by atoms with Crippen LogP contribution in [0.3, 0.4) is 0 Å². The predicted octanol–water partition coefficient (Wildman–Crippen LogP) is 5.70. The van der Waals surface area contributed by atoms with Crippen molar-refractivity contribution in [2.45, 2.75) is 32.8 Å². The normalized spacial score (nSPS) is 22.1. The summed E-state index contributed by atoms with van der Waals surface area (Å²) in [5, 5.41) is 5.20. The Morgan fingerprint density at radius 3 is 2.50 bits per heavy atom. The third kappa shape index (κ3) is 4.26. The van der Waals surface area contributed by atoms with Gasteiger partial charge in [-0.05, 0) is 65.3 Å². The van der Waals surface area contributed by atoms with Gasteiger partial charge in [0.1, 0.15) is 0 Å². The predicted molar refractivity (Wildman–Crippen MR) is 115 cm³/mol. The van der Waals surface area contributed by atoms with Gasteiger partial charge in [-0.3, -0.25) is 4.79 Å². The zero-order valence-electron chi connectivity index (χ0n) is 16.5. The van der Waals surface area contributed by atoms with Crippen LogP contribution in [0.5, 0.6) is 0 Å². The summed E-state index contributed by atoms with van der Waals surface area (Å²) in [4.78, 5) is 12.6. The van der Waals surface area contributed by atoms with Gasteiger partial charge in [0.05, 0.1) is 6.10 Å². The smallest absolute Gasteiger partial charge is 0.255 e. The molecule has 1 saturated heterocycles. The number of ether oxygens (including phenoxy) is 1. The van der Waals surface area contributed by atoms with Gasteiger partial charge in [-0.25, -0.2) is 0 Å². The van der Waals surface area contributed by atoms with E-state index in [2.05, 4.69) is 31.3 Å². The highest BCUT2D eigenvalue weighted by molar-refractivity contribution is 6.06. The van der Waals surface area contributed by atoms with Gasteiger partial charge in [0, 0.05) is 17.9 Å². The molecule has 3 aromatic carbocycles. The van der Waals surface area contributed by atoms with Gasteiger partial charge in [0.25, 0.3) is 5.91 Å². The molecule has 0 spiro atoms. The Hall–Kier alpha value is -2.65. The largest absolute Gasteiger partial charge is 0.377 e. The van der Waals surface area contributed by atoms with Gasteiger partial charge < -0.3 is 10.1 Å². The molecule has 0 aromatic heterocycles. The molecule has 4 rings (SSSR count). The number of hydrogen-bond donors (Lipinski definition) is 1. The van der Waals surface area contributed by atoms with Crippen molar-refractivity contribution in [2.75, 3.05) is 11.9 Å². The van der Waals surface area contributed by atoms with Crippen LogP contribution in [0.4, 0.5) is 5.69 Å². The van der Waals surface area contributed by atoms with Crippen LogP contribution in [0.2, 0.25) is 0 Å². The molecular weight excluding hydrogens is 346 g/mol. The van der Waals surface area contributed by atoms with E-state index in [1.54, 1.807) is 0 Å². The minimum atomic E-state index is -0.0864. The van der Waals surface area contributed by atoms with E-state index in [0.717, 1.165) is 29.5 Å². The van der Waals surface area contributed by atoms with Gasteiger partial charge >= 0.3 is 0 Å². The standard InChI is InChI=1S/C25H27NO2/c1-17-13-18(2)24(28-16-17)14-19-7-11-23(12-8-19)26-25(27)22-10-9-20-5-3-4-6-21(20)15-22/h3-12,15,17-18,24H,13-14,16H2,1-2H3,(H,26,27). The fraction of sp³-hybridized carbons (Fsp3) is 0.320. The highest BCUT2D eigenvalue weighted by atomic mass is 16.5. The van der Waals surface area contributed by atoms with Crippen LogP contribution in [0, 0.1) is 11.8 Å². The maximum Gasteiger partial charge on any atom is 0.255 e. The lowest BCUT2D eigenvalue weighted by Gasteiger charge is -2.33. The fourth-order valence-corrected chi connectivity index (χ4v) is 4.06. The van der Waals surface area contributed by atoms with Crippen molar-refractivity contribution in [2.24, 2.45) is 11.8 Å². The maximum atomic E-state index is 12.6. The molecule has 1 aliphatic heterocycles. The van der Waals surface area contributed by atoms with Crippen LogP contribution in [0.15, 0.2) is 66.7 Å². The van der Waals surface area contributed by atoms with Crippen LogP contribution in [0.25, 0.3) is 10.8 Å². The summed E-state index contributed by atoms with van der Waals surface area (Å²) in [5.74, 6) is 1.15. The number of fused-ring (bicyclic) bond motifs is 1. The highest BCUT2D eigenvalue weighted by Crippen LogP contribution is 2.27. The molecule has 1 amide bonds. The maximum absolute atomic E-state index is 12.6. The number of nitrogens with one attached hydrogen (secondary N) is 1. The monoisotopic (exact) mass is 373 g/mol. The molecule has 3 aromatic rings. The van der Waals surface area contributed by atoms with E-state index >= 15 is 0 Å². The van der Waals surface area contributed by atoms with Crippen molar-refractivity contribution in [3.8, 4) is 0 Å². The van der Waals surface area contributed by atoms with Crippen LogP contribution in [-0.4, -0.2) is 18.6 Å². The average Bonchev–Trinajstić information content (AvgIpc) is 2.71. The molecule has 1 heterocycles. The number of amides is 1. The van der Waals surface area contributed by atoms with Gasteiger partial charge in [-0.2, -0.15) is 0 Å². The Morgan fingerprint density at radius 1 is 1.00 bits per heavy atom. The highest BCUT2D eigenvalue weighted by Gasteiger charge is 2.26. The van der Waals surface area contributed by atoms with E-state index < -0.39 is 0 Å². The minimum Gasteiger partial charge on any atom is -0.377 e. The second-order valence-electron chi connectivity index (χ2n) is 8.11. The number of carbonyl (C=O) groups is 1. The molecule has 0 aliphatic carbocycles. The summed E-state index contributed by atoms with van der Waals surface area (Å²) in [6.07, 6.45) is 2.44. The van der Waals surface area contributed by atoms with Crippen molar-refractivity contribution in [1.82, 2.24) is 0 Å². The SMILES string of the molecule is CC1COC(Cc2ccc(NC(=O)c3ccc4ccccc4c3)cc2)C(C)C1. The molecule has 0 radical (unpaired) electrons. The van der Waals surface area contributed by atoms with Gasteiger partial charge in [0.15, 0.2) is 0 Å². The Labute approximate surface area is 166 Å². The number of benzene rings is 3. The quantitative estimate of drug-likeness (QED) is 0.637. The first kappa shape index (κ1) is 18.7. The Kier molecular flexibility index (Phi) is 5.45. The first-order valence-corrected chi connectivity index (χ1v) is 10.1. The Balaban J connectivity index is 1.40. The Morgan fingerprint density at radius 2 is 1.75 bits per heavy atom. The summed E-state index contributed by atoms with van der Waals surface area (Å²) < 4.78 is 6.02.